The highest BCUT2D eigenvalue weighted by molar-refractivity contribution is 6.09. The van der Waals surface area contributed by atoms with E-state index in [4.69, 9.17) is 5.84 Å². The molecule has 2 aromatic carbocycles. The van der Waals surface area contributed by atoms with Crippen molar-refractivity contribution in [2.45, 2.75) is 6.54 Å². The molecule has 5 heteroatoms. The van der Waals surface area contributed by atoms with E-state index >= 15 is 0 Å². The van der Waals surface area contributed by atoms with Gasteiger partial charge in [0.25, 0.3) is 5.91 Å². The molecule has 0 spiro atoms. The number of hydrogen-bond donors (Lipinski definition) is 2. The number of nitrogens with two attached hydrogens (primary N) is 1. The average Bonchev–Trinajstić information content (AvgIpc) is 2.95. The van der Waals surface area contributed by atoms with Gasteiger partial charge in [0.1, 0.15) is 5.69 Å². The highest BCUT2D eigenvalue weighted by Gasteiger charge is 2.14. The number of benzene rings is 2. The zero-order valence-corrected chi connectivity index (χ0v) is 12.9. The van der Waals surface area contributed by atoms with E-state index in [1.165, 1.54) is 5.56 Å². The first-order valence-corrected chi connectivity index (χ1v) is 7.70. The number of hydrazine groups is 1. The van der Waals surface area contributed by atoms with E-state index in [9.17, 15) is 4.79 Å². The number of aromatic nitrogens is 2. The second-order valence-electron chi connectivity index (χ2n) is 5.65. The highest BCUT2D eigenvalue weighted by atomic mass is 16.2. The van der Waals surface area contributed by atoms with Gasteiger partial charge >= 0.3 is 0 Å². The predicted octanol–water partition coefficient (Wildman–Crippen LogP) is 2.84. The van der Waals surface area contributed by atoms with Crippen LogP contribution in [0.4, 0.5) is 0 Å². The zero-order valence-electron chi connectivity index (χ0n) is 12.9. The van der Waals surface area contributed by atoms with E-state index in [-0.39, 0.29) is 0 Å². The second-order valence-corrected chi connectivity index (χ2v) is 5.65. The minimum Gasteiger partial charge on any atom is -0.335 e. The molecule has 4 aromatic rings. The van der Waals surface area contributed by atoms with E-state index in [0.717, 1.165) is 28.4 Å². The fraction of sp³-hybridized carbons (Fsp3) is 0.0526. The number of nitrogens with zero attached hydrogens (tertiary/aromatic N) is 2. The Morgan fingerprint density at radius 2 is 1.75 bits per heavy atom. The number of para-hydroxylation sites is 1. The lowest BCUT2D eigenvalue weighted by Crippen LogP contribution is -2.30. The average molecular weight is 316 g/mol. The highest BCUT2D eigenvalue weighted by Crippen LogP contribution is 2.29. The third kappa shape index (κ3) is 2.31. The quantitative estimate of drug-likeness (QED) is 0.347. The summed E-state index contributed by atoms with van der Waals surface area (Å²) in [5, 5.41) is 2.09. The van der Waals surface area contributed by atoms with Gasteiger partial charge in [-0.05, 0) is 17.7 Å². The summed E-state index contributed by atoms with van der Waals surface area (Å²) in [5.74, 6) is 4.83. The van der Waals surface area contributed by atoms with Gasteiger partial charge in [0.2, 0.25) is 0 Å². The van der Waals surface area contributed by atoms with Gasteiger partial charge < -0.3 is 4.57 Å². The molecule has 5 nitrogen and oxygen atoms in total. The minimum atomic E-state index is -0.392. The molecule has 0 atom stereocenters. The maximum Gasteiger partial charge on any atom is 0.283 e. The number of pyridine rings is 1. The molecule has 0 aliphatic rings. The summed E-state index contributed by atoms with van der Waals surface area (Å²) in [5.41, 5.74) is 5.77. The molecule has 0 unspecified atom stereocenters. The van der Waals surface area contributed by atoms with Crippen molar-refractivity contribution in [3.05, 3.63) is 78.1 Å². The van der Waals surface area contributed by atoms with Gasteiger partial charge in [-0.15, -0.1) is 0 Å². The number of nitrogens with one attached hydrogen (secondary N) is 1. The van der Waals surface area contributed by atoms with Crippen LogP contribution in [0.2, 0.25) is 0 Å². The normalized spacial score (nSPS) is 11.0. The van der Waals surface area contributed by atoms with Crippen molar-refractivity contribution >= 4 is 27.7 Å². The lowest BCUT2D eigenvalue weighted by Gasteiger charge is -2.07. The molecule has 1 amide bonds. The number of carbonyl (C=O) groups excluding carboxylic acids is 1. The van der Waals surface area contributed by atoms with E-state index < -0.39 is 5.91 Å². The van der Waals surface area contributed by atoms with Crippen molar-refractivity contribution in [3.63, 3.8) is 0 Å². The Hall–Kier alpha value is -3.18. The molecule has 4 rings (SSSR count). The van der Waals surface area contributed by atoms with Gasteiger partial charge in [-0.25, -0.2) is 10.8 Å². The third-order valence-corrected chi connectivity index (χ3v) is 4.21. The van der Waals surface area contributed by atoms with Crippen LogP contribution >= 0.6 is 0 Å². The van der Waals surface area contributed by atoms with Crippen LogP contribution in [0.1, 0.15) is 16.1 Å². The summed E-state index contributed by atoms with van der Waals surface area (Å²) in [7, 11) is 0. The Bertz CT molecular complexity index is 1040. The lowest BCUT2D eigenvalue weighted by molar-refractivity contribution is 0.0949. The van der Waals surface area contributed by atoms with Gasteiger partial charge in [-0.3, -0.25) is 10.2 Å². The summed E-state index contributed by atoms with van der Waals surface area (Å²) >= 11 is 0. The van der Waals surface area contributed by atoms with Crippen LogP contribution in [0.3, 0.4) is 0 Å². The van der Waals surface area contributed by atoms with Gasteiger partial charge in [-0.2, -0.15) is 0 Å². The van der Waals surface area contributed by atoms with E-state index in [2.05, 4.69) is 39.2 Å². The van der Waals surface area contributed by atoms with Gasteiger partial charge in [0.15, 0.2) is 0 Å². The smallest absolute Gasteiger partial charge is 0.283 e. The molecule has 118 valence electrons. The molecule has 0 saturated heterocycles. The molecule has 2 heterocycles. The Kier molecular flexibility index (Phi) is 3.48. The van der Waals surface area contributed by atoms with E-state index in [1.54, 1.807) is 12.3 Å². The zero-order chi connectivity index (χ0) is 16.5. The van der Waals surface area contributed by atoms with Crippen LogP contribution in [0.5, 0.6) is 0 Å². The third-order valence-electron chi connectivity index (χ3n) is 4.21. The maximum absolute atomic E-state index is 11.8. The fourth-order valence-electron chi connectivity index (χ4n) is 3.08. The number of fused-ring (bicyclic) bond motifs is 3. The number of rotatable bonds is 3. The Morgan fingerprint density at radius 1 is 1.00 bits per heavy atom. The minimum absolute atomic E-state index is 0.313. The summed E-state index contributed by atoms with van der Waals surface area (Å²) < 4.78 is 2.22. The summed E-state index contributed by atoms with van der Waals surface area (Å²) in [6.07, 6.45) is 1.74. The number of nitrogen functional groups attached to an aromatic ring is 1. The van der Waals surface area contributed by atoms with Crippen LogP contribution in [-0.2, 0) is 6.54 Å². The molecule has 24 heavy (non-hydrogen) atoms. The Balaban J connectivity index is 1.96. The van der Waals surface area contributed by atoms with Crippen LogP contribution in [0.25, 0.3) is 21.8 Å². The first-order valence-electron chi connectivity index (χ1n) is 7.70. The molecule has 0 aliphatic heterocycles. The predicted molar refractivity (Wildman–Crippen MR) is 94.4 cm³/mol. The van der Waals surface area contributed by atoms with Crippen molar-refractivity contribution in [3.8, 4) is 0 Å². The number of carbonyl (C=O) groups is 1. The Morgan fingerprint density at radius 3 is 2.54 bits per heavy atom. The molecular formula is C19H16N4O. The number of hydrogen-bond acceptors (Lipinski definition) is 3. The summed E-state index contributed by atoms with van der Waals surface area (Å²) in [6, 6.07) is 20.2. The van der Waals surface area contributed by atoms with Gasteiger partial charge in [0.05, 0.1) is 11.7 Å². The number of amides is 1. The topological polar surface area (TPSA) is 72.9 Å². The molecule has 2 aromatic heterocycles. The van der Waals surface area contributed by atoms with E-state index in [0.29, 0.717) is 5.69 Å². The summed E-state index contributed by atoms with van der Waals surface area (Å²) in [6.45, 7) is 0.745. The monoisotopic (exact) mass is 316 g/mol. The maximum atomic E-state index is 11.8. The first-order chi connectivity index (χ1) is 11.8. The fourth-order valence-corrected chi connectivity index (χ4v) is 3.08. The first kappa shape index (κ1) is 14.4. The van der Waals surface area contributed by atoms with Crippen LogP contribution in [0.15, 0.2) is 66.9 Å². The standard InChI is InChI=1S/C19H16N4O/c20-22-19(24)16-10-15-14-8-4-5-9-17(14)23(18(15)11-21-16)12-13-6-2-1-3-7-13/h1-11H,12,20H2,(H,22,24). The van der Waals surface area contributed by atoms with Crippen LogP contribution in [0, 0.1) is 0 Å². The summed E-state index contributed by atoms with van der Waals surface area (Å²) in [4.78, 5) is 16.0. The van der Waals surface area contributed by atoms with Crippen molar-refractivity contribution in [2.75, 3.05) is 0 Å². The van der Waals surface area contributed by atoms with Crippen LogP contribution in [-0.4, -0.2) is 15.5 Å². The Labute approximate surface area is 138 Å². The van der Waals surface area contributed by atoms with Crippen LogP contribution < -0.4 is 11.3 Å². The molecule has 0 fully saturated rings. The molecular weight excluding hydrogens is 300 g/mol. The van der Waals surface area contributed by atoms with E-state index in [1.807, 2.05) is 30.3 Å². The lowest BCUT2D eigenvalue weighted by atomic mass is 10.1. The molecule has 3 N–H and O–H groups in total. The largest absolute Gasteiger partial charge is 0.335 e. The molecule has 0 saturated carbocycles. The van der Waals surface area contributed by atoms with Crippen molar-refractivity contribution in [1.29, 1.82) is 0 Å². The SMILES string of the molecule is NNC(=O)c1cc2c3ccccc3n(Cc3ccccc3)c2cn1. The molecule has 0 radical (unpaired) electrons. The van der Waals surface area contributed by atoms with Crippen molar-refractivity contribution < 1.29 is 4.79 Å². The molecule has 0 bridgehead atoms. The van der Waals surface area contributed by atoms with Gasteiger partial charge in [0, 0.05) is 22.8 Å². The van der Waals surface area contributed by atoms with Crippen molar-refractivity contribution in [2.24, 2.45) is 5.84 Å². The molecule has 0 aliphatic carbocycles. The van der Waals surface area contributed by atoms with Gasteiger partial charge in [-0.1, -0.05) is 48.5 Å². The van der Waals surface area contributed by atoms with Crippen molar-refractivity contribution in [1.82, 2.24) is 15.0 Å². The second kappa shape index (κ2) is 5.79.